The summed E-state index contributed by atoms with van der Waals surface area (Å²) in [6, 6.07) is 6.97. The van der Waals surface area contributed by atoms with E-state index in [1.165, 1.54) is 6.42 Å². The third-order valence-corrected chi connectivity index (χ3v) is 3.74. The molecular formula is C16H23N3O2. The van der Waals surface area contributed by atoms with Gasteiger partial charge in [-0.1, -0.05) is 13.0 Å². The van der Waals surface area contributed by atoms with E-state index >= 15 is 0 Å². The molecule has 1 fully saturated rings. The quantitative estimate of drug-likeness (QED) is 0.887. The van der Waals surface area contributed by atoms with Gasteiger partial charge in [0.1, 0.15) is 0 Å². The minimum absolute atomic E-state index is 0.0295. The van der Waals surface area contributed by atoms with Gasteiger partial charge >= 0.3 is 0 Å². The van der Waals surface area contributed by atoms with Crippen molar-refractivity contribution in [2.24, 2.45) is 5.92 Å². The van der Waals surface area contributed by atoms with Gasteiger partial charge in [-0.2, -0.15) is 0 Å². The van der Waals surface area contributed by atoms with Crippen molar-refractivity contribution >= 4 is 17.5 Å². The molecule has 2 N–H and O–H groups in total. The average molecular weight is 289 g/mol. The minimum atomic E-state index is -0.157. The van der Waals surface area contributed by atoms with E-state index in [4.69, 9.17) is 0 Å². The second-order valence-electron chi connectivity index (χ2n) is 5.69. The Labute approximate surface area is 125 Å². The molecule has 1 aromatic rings. The highest BCUT2D eigenvalue weighted by Gasteiger charge is 2.18. The molecule has 1 heterocycles. The number of hydrogen-bond donors (Lipinski definition) is 2. The topological polar surface area (TPSA) is 61.4 Å². The molecule has 1 saturated heterocycles. The number of amides is 2. The lowest BCUT2D eigenvalue weighted by atomic mass is 10.0. The van der Waals surface area contributed by atoms with Crippen LogP contribution in [0.3, 0.4) is 0 Å². The van der Waals surface area contributed by atoms with Crippen LogP contribution in [-0.4, -0.2) is 43.4 Å². The summed E-state index contributed by atoms with van der Waals surface area (Å²) >= 11 is 0. The third kappa shape index (κ3) is 4.56. The van der Waals surface area contributed by atoms with E-state index in [2.05, 4.69) is 22.5 Å². The molecular weight excluding hydrogens is 266 g/mol. The first-order valence-corrected chi connectivity index (χ1v) is 7.43. The van der Waals surface area contributed by atoms with Gasteiger partial charge in [-0.15, -0.1) is 0 Å². The molecule has 0 saturated carbocycles. The van der Waals surface area contributed by atoms with E-state index in [0.29, 0.717) is 23.7 Å². The Hall–Kier alpha value is -1.88. The number of piperidine rings is 1. The first-order chi connectivity index (χ1) is 10.1. The maximum Gasteiger partial charge on any atom is 0.251 e. The Bertz CT molecular complexity index is 516. The zero-order valence-electron chi connectivity index (χ0n) is 12.7. The van der Waals surface area contributed by atoms with Crippen molar-refractivity contribution in [1.82, 2.24) is 10.2 Å². The number of nitrogens with one attached hydrogen (secondary N) is 2. The van der Waals surface area contributed by atoms with Crippen LogP contribution in [0.25, 0.3) is 0 Å². The van der Waals surface area contributed by atoms with Crippen LogP contribution in [0, 0.1) is 5.92 Å². The Balaban J connectivity index is 1.91. The van der Waals surface area contributed by atoms with Gasteiger partial charge in [0, 0.05) is 24.8 Å². The highest BCUT2D eigenvalue weighted by Crippen LogP contribution is 2.15. The molecule has 114 valence electrons. The van der Waals surface area contributed by atoms with Crippen LogP contribution >= 0.6 is 0 Å². The van der Waals surface area contributed by atoms with Gasteiger partial charge in [0.15, 0.2) is 0 Å². The molecule has 0 spiro atoms. The third-order valence-electron chi connectivity index (χ3n) is 3.74. The Morgan fingerprint density at radius 1 is 1.38 bits per heavy atom. The number of anilines is 1. The smallest absolute Gasteiger partial charge is 0.251 e. The SMILES string of the molecule is CNC(=O)c1cccc(NC(=O)CN2CCC[C@@H](C)C2)c1. The van der Waals surface area contributed by atoms with Crippen molar-refractivity contribution in [3.05, 3.63) is 29.8 Å². The number of hydrogen-bond acceptors (Lipinski definition) is 3. The normalized spacial score (nSPS) is 19.0. The average Bonchev–Trinajstić information content (AvgIpc) is 2.46. The predicted octanol–water partition coefficient (Wildman–Crippen LogP) is 1.72. The van der Waals surface area contributed by atoms with Crippen LogP contribution in [0.5, 0.6) is 0 Å². The van der Waals surface area contributed by atoms with Crippen molar-refractivity contribution in [2.45, 2.75) is 19.8 Å². The van der Waals surface area contributed by atoms with Gasteiger partial charge < -0.3 is 10.6 Å². The van der Waals surface area contributed by atoms with Gasteiger partial charge in [0.2, 0.25) is 5.91 Å². The number of benzene rings is 1. The van der Waals surface area contributed by atoms with Gasteiger partial charge in [-0.3, -0.25) is 14.5 Å². The van der Waals surface area contributed by atoms with Gasteiger partial charge in [-0.25, -0.2) is 0 Å². The highest BCUT2D eigenvalue weighted by molar-refractivity contribution is 5.97. The maximum absolute atomic E-state index is 12.1. The fourth-order valence-corrected chi connectivity index (χ4v) is 2.72. The molecule has 2 rings (SSSR count). The second kappa shape index (κ2) is 7.22. The summed E-state index contributed by atoms with van der Waals surface area (Å²) in [4.78, 5) is 25.8. The van der Waals surface area contributed by atoms with Crippen molar-refractivity contribution in [1.29, 1.82) is 0 Å². The van der Waals surface area contributed by atoms with E-state index in [0.717, 1.165) is 19.5 Å². The molecule has 1 atom stereocenters. The number of likely N-dealkylation sites (tertiary alicyclic amines) is 1. The molecule has 5 nitrogen and oxygen atoms in total. The second-order valence-corrected chi connectivity index (χ2v) is 5.69. The molecule has 1 aliphatic heterocycles. The number of nitrogens with zero attached hydrogens (tertiary/aromatic N) is 1. The van der Waals surface area contributed by atoms with Crippen LogP contribution in [0.1, 0.15) is 30.1 Å². The zero-order chi connectivity index (χ0) is 15.2. The first kappa shape index (κ1) is 15.5. The number of rotatable bonds is 4. The largest absolute Gasteiger partial charge is 0.355 e. The van der Waals surface area contributed by atoms with E-state index in [1.54, 1.807) is 31.3 Å². The van der Waals surface area contributed by atoms with Gasteiger partial charge in [-0.05, 0) is 43.5 Å². The van der Waals surface area contributed by atoms with Crippen LogP contribution in [0.15, 0.2) is 24.3 Å². The van der Waals surface area contributed by atoms with Gasteiger partial charge in [0.05, 0.1) is 6.54 Å². The highest BCUT2D eigenvalue weighted by atomic mass is 16.2. The lowest BCUT2D eigenvalue weighted by Crippen LogP contribution is -2.39. The Morgan fingerprint density at radius 3 is 2.90 bits per heavy atom. The van der Waals surface area contributed by atoms with Crippen molar-refractivity contribution in [3.63, 3.8) is 0 Å². The summed E-state index contributed by atoms with van der Waals surface area (Å²) in [5.74, 6) is 0.470. The molecule has 5 heteroatoms. The Morgan fingerprint density at radius 2 is 2.19 bits per heavy atom. The Kier molecular flexibility index (Phi) is 5.33. The predicted molar refractivity (Wildman–Crippen MR) is 83.3 cm³/mol. The summed E-state index contributed by atoms with van der Waals surface area (Å²) in [7, 11) is 1.59. The summed E-state index contributed by atoms with van der Waals surface area (Å²) in [6.45, 7) is 4.59. The van der Waals surface area contributed by atoms with E-state index in [-0.39, 0.29) is 11.8 Å². The molecule has 1 aromatic carbocycles. The standard InChI is InChI=1S/C16H23N3O2/c1-12-5-4-8-19(10-12)11-15(20)18-14-7-3-6-13(9-14)16(21)17-2/h3,6-7,9,12H,4-5,8,10-11H2,1-2H3,(H,17,21)(H,18,20)/t12-/m1/s1. The van der Waals surface area contributed by atoms with Gasteiger partial charge in [0.25, 0.3) is 5.91 Å². The molecule has 0 aliphatic carbocycles. The summed E-state index contributed by atoms with van der Waals surface area (Å²) in [5.41, 5.74) is 1.20. The molecule has 0 radical (unpaired) electrons. The van der Waals surface area contributed by atoms with Crippen LogP contribution < -0.4 is 10.6 Å². The lowest BCUT2D eigenvalue weighted by Gasteiger charge is -2.30. The summed E-state index contributed by atoms with van der Waals surface area (Å²) in [5, 5.41) is 5.44. The molecule has 21 heavy (non-hydrogen) atoms. The van der Waals surface area contributed by atoms with Crippen LogP contribution in [-0.2, 0) is 4.79 Å². The molecule has 0 unspecified atom stereocenters. The number of carbonyl (C=O) groups is 2. The monoisotopic (exact) mass is 289 g/mol. The molecule has 2 amide bonds. The van der Waals surface area contributed by atoms with E-state index in [9.17, 15) is 9.59 Å². The van der Waals surface area contributed by atoms with E-state index in [1.807, 2.05) is 0 Å². The van der Waals surface area contributed by atoms with Crippen molar-refractivity contribution in [3.8, 4) is 0 Å². The molecule has 0 bridgehead atoms. The van der Waals surface area contributed by atoms with Crippen molar-refractivity contribution < 1.29 is 9.59 Å². The zero-order valence-corrected chi connectivity index (χ0v) is 12.7. The summed E-state index contributed by atoms with van der Waals surface area (Å²) < 4.78 is 0. The lowest BCUT2D eigenvalue weighted by molar-refractivity contribution is -0.117. The minimum Gasteiger partial charge on any atom is -0.355 e. The fourth-order valence-electron chi connectivity index (χ4n) is 2.72. The van der Waals surface area contributed by atoms with Crippen LogP contribution in [0.2, 0.25) is 0 Å². The molecule has 0 aromatic heterocycles. The molecule has 1 aliphatic rings. The number of carbonyl (C=O) groups excluding carboxylic acids is 2. The van der Waals surface area contributed by atoms with Crippen molar-refractivity contribution in [2.75, 3.05) is 32.0 Å². The van der Waals surface area contributed by atoms with E-state index < -0.39 is 0 Å². The van der Waals surface area contributed by atoms with Crippen LogP contribution in [0.4, 0.5) is 5.69 Å². The first-order valence-electron chi connectivity index (χ1n) is 7.43. The summed E-state index contributed by atoms with van der Waals surface area (Å²) in [6.07, 6.45) is 2.40. The fraction of sp³-hybridized carbons (Fsp3) is 0.500. The maximum atomic E-state index is 12.1.